The summed E-state index contributed by atoms with van der Waals surface area (Å²) in [5.74, 6) is -0.232. The lowest BCUT2D eigenvalue weighted by Gasteiger charge is -2.24. The molecular weight excluding hydrogens is 312 g/mol. The lowest BCUT2D eigenvalue weighted by molar-refractivity contribution is -0.124. The fourth-order valence-electron chi connectivity index (χ4n) is 2.38. The highest BCUT2D eigenvalue weighted by molar-refractivity contribution is 9.10. The molecular formula is C13H17BrN2OS. The Morgan fingerprint density at radius 3 is 2.67 bits per heavy atom. The quantitative estimate of drug-likeness (QED) is 0.893. The molecule has 0 bridgehead atoms. The highest BCUT2D eigenvalue weighted by atomic mass is 79.9. The van der Waals surface area contributed by atoms with Crippen LogP contribution in [0.3, 0.4) is 0 Å². The molecule has 3 N–H and O–H groups in total. The van der Waals surface area contributed by atoms with Crippen LogP contribution in [0.15, 0.2) is 33.6 Å². The van der Waals surface area contributed by atoms with E-state index in [0.717, 1.165) is 23.7 Å². The van der Waals surface area contributed by atoms with Crippen LogP contribution < -0.4 is 11.1 Å². The normalized spacial score (nSPS) is 27.3. The van der Waals surface area contributed by atoms with Gasteiger partial charge in [-0.15, -0.1) is 11.8 Å². The monoisotopic (exact) mass is 328 g/mol. The summed E-state index contributed by atoms with van der Waals surface area (Å²) in [5.41, 5.74) is 4.99. The third-order valence-corrected chi connectivity index (χ3v) is 5.34. The molecule has 0 aromatic heterocycles. The van der Waals surface area contributed by atoms with Crippen molar-refractivity contribution in [3.8, 4) is 0 Å². The van der Waals surface area contributed by atoms with Gasteiger partial charge in [0.2, 0.25) is 5.91 Å². The fourth-order valence-corrected chi connectivity index (χ4v) is 3.93. The maximum atomic E-state index is 11.5. The predicted octanol–water partition coefficient (Wildman–Crippen LogP) is 2.54. The van der Waals surface area contributed by atoms with Gasteiger partial charge in [-0.1, -0.05) is 15.9 Å². The smallest absolute Gasteiger partial charge is 0.237 e. The van der Waals surface area contributed by atoms with E-state index in [1.807, 2.05) is 30.9 Å². The van der Waals surface area contributed by atoms with Gasteiger partial charge in [0.25, 0.3) is 0 Å². The van der Waals surface area contributed by atoms with Gasteiger partial charge in [-0.05, 0) is 50.6 Å². The molecule has 1 aromatic rings. The molecule has 2 rings (SSSR count). The van der Waals surface area contributed by atoms with Gasteiger partial charge < -0.3 is 11.1 Å². The highest BCUT2D eigenvalue weighted by Crippen LogP contribution is 2.40. The van der Waals surface area contributed by atoms with E-state index in [4.69, 9.17) is 5.73 Å². The van der Waals surface area contributed by atoms with Gasteiger partial charge >= 0.3 is 0 Å². The number of carbonyl (C=O) groups excluding carboxylic acids is 1. The van der Waals surface area contributed by atoms with Crippen molar-refractivity contribution in [2.75, 3.05) is 7.05 Å². The molecule has 1 saturated carbocycles. The van der Waals surface area contributed by atoms with Crippen molar-refractivity contribution in [3.63, 3.8) is 0 Å². The molecule has 0 radical (unpaired) electrons. The molecule has 2 atom stereocenters. The molecule has 1 aliphatic rings. The first-order chi connectivity index (χ1) is 8.55. The standard InChI is InChI=1S/C13H17BrN2OS/c1-16-13(12(15)17)7-6-11(8-13)18-10-4-2-9(14)3-5-10/h2-5,11,16H,6-8H2,1H3,(H2,15,17). The maximum Gasteiger partial charge on any atom is 0.237 e. The first kappa shape index (κ1) is 13.9. The van der Waals surface area contributed by atoms with E-state index in [1.54, 1.807) is 0 Å². The Morgan fingerprint density at radius 1 is 1.50 bits per heavy atom. The maximum absolute atomic E-state index is 11.5. The molecule has 1 fully saturated rings. The molecule has 0 heterocycles. The second-order valence-electron chi connectivity index (χ2n) is 4.63. The van der Waals surface area contributed by atoms with Crippen molar-refractivity contribution < 1.29 is 4.79 Å². The average molecular weight is 329 g/mol. The predicted molar refractivity (Wildman–Crippen MR) is 78.6 cm³/mol. The lowest BCUT2D eigenvalue weighted by Crippen LogP contribution is -2.52. The Hall–Kier alpha value is -0.520. The Balaban J connectivity index is 2.01. The number of likely N-dealkylation sites (N-methyl/N-ethyl adjacent to an activating group) is 1. The molecule has 98 valence electrons. The first-order valence-corrected chi connectivity index (χ1v) is 7.64. The number of hydrogen-bond acceptors (Lipinski definition) is 3. The molecule has 0 spiro atoms. The van der Waals surface area contributed by atoms with Gasteiger partial charge in [-0.25, -0.2) is 0 Å². The number of benzene rings is 1. The van der Waals surface area contributed by atoms with Gasteiger partial charge in [-0.3, -0.25) is 4.79 Å². The number of nitrogens with two attached hydrogens (primary N) is 1. The molecule has 1 aromatic carbocycles. The van der Waals surface area contributed by atoms with E-state index < -0.39 is 5.54 Å². The number of nitrogens with one attached hydrogen (secondary N) is 1. The van der Waals surface area contributed by atoms with Crippen LogP contribution in [-0.4, -0.2) is 23.7 Å². The summed E-state index contributed by atoms with van der Waals surface area (Å²) in [4.78, 5) is 12.8. The molecule has 18 heavy (non-hydrogen) atoms. The van der Waals surface area contributed by atoms with Crippen molar-refractivity contribution in [1.82, 2.24) is 5.32 Å². The Labute approximate surface area is 120 Å². The van der Waals surface area contributed by atoms with Crippen LogP contribution in [-0.2, 0) is 4.79 Å². The summed E-state index contributed by atoms with van der Waals surface area (Å²) in [7, 11) is 1.82. The molecule has 5 heteroatoms. The number of carbonyl (C=O) groups is 1. The second-order valence-corrected chi connectivity index (χ2v) is 6.92. The number of amides is 1. The minimum atomic E-state index is -0.507. The van der Waals surface area contributed by atoms with E-state index in [2.05, 4.69) is 33.4 Å². The summed E-state index contributed by atoms with van der Waals surface area (Å²) in [5, 5.41) is 3.56. The molecule has 1 aliphatic carbocycles. The fraction of sp³-hybridized carbons (Fsp3) is 0.462. The summed E-state index contributed by atoms with van der Waals surface area (Å²) in [6.45, 7) is 0. The van der Waals surface area contributed by atoms with Crippen LogP contribution in [0.25, 0.3) is 0 Å². The molecule has 0 aliphatic heterocycles. The Bertz CT molecular complexity index is 437. The second kappa shape index (κ2) is 5.63. The summed E-state index contributed by atoms with van der Waals surface area (Å²) >= 11 is 5.25. The van der Waals surface area contributed by atoms with Gasteiger partial charge in [-0.2, -0.15) is 0 Å². The number of rotatable bonds is 4. The first-order valence-electron chi connectivity index (χ1n) is 5.97. The lowest BCUT2D eigenvalue weighted by atomic mass is 9.97. The van der Waals surface area contributed by atoms with Gasteiger partial charge in [0.15, 0.2) is 0 Å². The zero-order valence-corrected chi connectivity index (χ0v) is 12.7. The van der Waals surface area contributed by atoms with Gasteiger partial charge in [0, 0.05) is 14.6 Å². The molecule has 1 amide bonds. The largest absolute Gasteiger partial charge is 0.368 e. The minimum Gasteiger partial charge on any atom is -0.368 e. The summed E-state index contributed by atoms with van der Waals surface area (Å²) < 4.78 is 1.08. The van der Waals surface area contributed by atoms with Crippen molar-refractivity contribution >= 4 is 33.6 Å². The average Bonchev–Trinajstić information content (AvgIpc) is 2.77. The van der Waals surface area contributed by atoms with E-state index in [0.29, 0.717) is 5.25 Å². The van der Waals surface area contributed by atoms with Crippen LogP contribution in [0.5, 0.6) is 0 Å². The van der Waals surface area contributed by atoms with Crippen LogP contribution >= 0.6 is 27.7 Å². The van der Waals surface area contributed by atoms with Crippen LogP contribution in [0.2, 0.25) is 0 Å². The summed E-state index contributed by atoms with van der Waals surface area (Å²) in [6.07, 6.45) is 2.65. The number of halogens is 1. The van der Waals surface area contributed by atoms with Gasteiger partial charge in [0.05, 0.1) is 5.54 Å². The topological polar surface area (TPSA) is 55.1 Å². The SMILES string of the molecule is CNC1(C(N)=O)CCC(Sc2ccc(Br)cc2)C1. The zero-order valence-electron chi connectivity index (χ0n) is 10.3. The van der Waals surface area contributed by atoms with Crippen LogP contribution in [0.1, 0.15) is 19.3 Å². The van der Waals surface area contributed by atoms with Crippen LogP contribution in [0.4, 0.5) is 0 Å². The highest BCUT2D eigenvalue weighted by Gasteiger charge is 2.42. The van der Waals surface area contributed by atoms with E-state index in [1.165, 1.54) is 4.90 Å². The van der Waals surface area contributed by atoms with Crippen molar-refractivity contribution in [3.05, 3.63) is 28.7 Å². The Morgan fingerprint density at radius 2 is 2.17 bits per heavy atom. The zero-order chi connectivity index (χ0) is 13.2. The number of hydrogen-bond donors (Lipinski definition) is 2. The third-order valence-electron chi connectivity index (χ3n) is 3.54. The van der Waals surface area contributed by atoms with Crippen molar-refractivity contribution in [2.45, 2.75) is 34.9 Å². The van der Waals surface area contributed by atoms with E-state index in [-0.39, 0.29) is 5.91 Å². The minimum absolute atomic E-state index is 0.232. The van der Waals surface area contributed by atoms with Crippen LogP contribution in [0, 0.1) is 0 Å². The van der Waals surface area contributed by atoms with Crippen molar-refractivity contribution in [2.24, 2.45) is 5.73 Å². The number of thioether (sulfide) groups is 1. The van der Waals surface area contributed by atoms with E-state index in [9.17, 15) is 4.79 Å². The third kappa shape index (κ3) is 2.90. The molecule has 3 nitrogen and oxygen atoms in total. The summed E-state index contributed by atoms with van der Waals surface area (Å²) in [6, 6.07) is 8.27. The van der Waals surface area contributed by atoms with Crippen molar-refractivity contribution in [1.29, 1.82) is 0 Å². The molecule has 2 unspecified atom stereocenters. The molecule has 0 saturated heterocycles. The van der Waals surface area contributed by atoms with E-state index >= 15 is 0 Å². The van der Waals surface area contributed by atoms with Gasteiger partial charge in [0.1, 0.15) is 0 Å². The Kier molecular flexibility index (Phi) is 4.35. The number of primary amides is 1.